The molecular formula is C12H10FNO4. The highest BCUT2D eigenvalue weighted by Crippen LogP contribution is 2.16. The van der Waals surface area contributed by atoms with Gasteiger partial charge in [0.1, 0.15) is 18.1 Å². The lowest BCUT2D eigenvalue weighted by Gasteiger charge is -2.18. The first kappa shape index (κ1) is 13.5. The largest absolute Gasteiger partial charge is 0.508 e. The Bertz CT molecular complexity index is 521. The van der Waals surface area contributed by atoms with E-state index in [1.54, 1.807) is 0 Å². The molecule has 94 valence electrons. The van der Waals surface area contributed by atoms with Gasteiger partial charge in [0.25, 0.3) is 5.91 Å². The molecule has 0 heterocycles. The van der Waals surface area contributed by atoms with Gasteiger partial charge in [0.05, 0.1) is 12.1 Å². The van der Waals surface area contributed by atoms with Crippen LogP contribution in [0.15, 0.2) is 18.2 Å². The molecule has 0 saturated carbocycles. The minimum atomic E-state index is -1.25. The smallest absolute Gasteiger partial charge is 0.323 e. The number of aliphatic carboxylic acids is 1. The summed E-state index contributed by atoms with van der Waals surface area (Å²) in [4.78, 5) is 23.2. The minimum Gasteiger partial charge on any atom is -0.508 e. The number of amides is 1. The Hall–Kier alpha value is -2.55. The highest BCUT2D eigenvalue weighted by molar-refractivity contribution is 5.96. The summed E-state index contributed by atoms with van der Waals surface area (Å²) >= 11 is 0. The number of terminal acetylenes is 1. The second-order valence-corrected chi connectivity index (χ2v) is 3.42. The maximum Gasteiger partial charge on any atom is 0.323 e. The van der Waals surface area contributed by atoms with E-state index in [0.29, 0.717) is 0 Å². The molecule has 1 aromatic carbocycles. The Kier molecular flexibility index (Phi) is 4.27. The number of rotatable bonds is 4. The summed E-state index contributed by atoms with van der Waals surface area (Å²) in [5, 5.41) is 17.6. The van der Waals surface area contributed by atoms with Gasteiger partial charge in [0.15, 0.2) is 0 Å². The van der Waals surface area contributed by atoms with Gasteiger partial charge in [-0.3, -0.25) is 9.59 Å². The van der Waals surface area contributed by atoms with E-state index in [0.717, 1.165) is 23.1 Å². The van der Waals surface area contributed by atoms with Gasteiger partial charge in [0.2, 0.25) is 0 Å². The minimum absolute atomic E-state index is 0.245. The van der Waals surface area contributed by atoms with Gasteiger partial charge in [-0.2, -0.15) is 0 Å². The third-order valence-corrected chi connectivity index (χ3v) is 2.08. The van der Waals surface area contributed by atoms with Gasteiger partial charge < -0.3 is 15.1 Å². The SMILES string of the molecule is C#CCN(CC(=O)O)C(=O)c1ccc(O)cc1F. The van der Waals surface area contributed by atoms with Crippen LogP contribution in [-0.4, -0.2) is 40.1 Å². The summed E-state index contributed by atoms with van der Waals surface area (Å²) in [6.07, 6.45) is 5.01. The predicted octanol–water partition coefficient (Wildman–Crippen LogP) is 0.691. The lowest BCUT2D eigenvalue weighted by Crippen LogP contribution is -2.36. The standard InChI is InChI=1S/C12H10FNO4/c1-2-5-14(7-11(16)17)12(18)9-4-3-8(15)6-10(9)13/h1,3-4,6,15H,5,7H2,(H,16,17). The molecule has 1 rings (SSSR count). The van der Waals surface area contributed by atoms with E-state index in [2.05, 4.69) is 5.92 Å². The predicted molar refractivity (Wildman–Crippen MR) is 60.4 cm³/mol. The monoisotopic (exact) mass is 251 g/mol. The van der Waals surface area contributed by atoms with Gasteiger partial charge >= 0.3 is 5.97 Å². The van der Waals surface area contributed by atoms with Crippen LogP contribution in [0.3, 0.4) is 0 Å². The van der Waals surface area contributed by atoms with Crippen molar-refractivity contribution in [2.24, 2.45) is 0 Å². The molecule has 0 saturated heterocycles. The molecule has 0 bridgehead atoms. The number of nitrogens with zero attached hydrogens (tertiary/aromatic N) is 1. The molecule has 0 radical (unpaired) electrons. The van der Waals surface area contributed by atoms with Crippen LogP contribution in [0.25, 0.3) is 0 Å². The van der Waals surface area contributed by atoms with Crippen molar-refractivity contribution in [2.75, 3.05) is 13.1 Å². The zero-order valence-corrected chi connectivity index (χ0v) is 9.26. The first-order valence-corrected chi connectivity index (χ1v) is 4.88. The Morgan fingerprint density at radius 1 is 1.44 bits per heavy atom. The highest BCUT2D eigenvalue weighted by atomic mass is 19.1. The van der Waals surface area contributed by atoms with E-state index in [1.807, 2.05) is 0 Å². The fourth-order valence-corrected chi connectivity index (χ4v) is 1.32. The first-order valence-electron chi connectivity index (χ1n) is 4.88. The molecule has 0 aromatic heterocycles. The van der Waals surface area contributed by atoms with E-state index in [4.69, 9.17) is 16.6 Å². The van der Waals surface area contributed by atoms with Gasteiger partial charge in [-0.1, -0.05) is 5.92 Å². The van der Waals surface area contributed by atoms with E-state index in [9.17, 15) is 14.0 Å². The molecular weight excluding hydrogens is 241 g/mol. The molecule has 0 fully saturated rings. The number of carboxylic acids is 1. The molecule has 2 N–H and O–H groups in total. The lowest BCUT2D eigenvalue weighted by molar-refractivity contribution is -0.137. The average molecular weight is 251 g/mol. The van der Waals surface area contributed by atoms with Gasteiger partial charge in [-0.25, -0.2) is 4.39 Å². The number of benzene rings is 1. The van der Waals surface area contributed by atoms with Gasteiger partial charge in [-0.05, 0) is 12.1 Å². The van der Waals surface area contributed by atoms with Crippen LogP contribution in [0, 0.1) is 18.2 Å². The fourth-order valence-electron chi connectivity index (χ4n) is 1.32. The zero-order chi connectivity index (χ0) is 13.7. The van der Waals surface area contributed by atoms with Crippen LogP contribution in [0.2, 0.25) is 0 Å². The molecule has 0 aliphatic heterocycles. The summed E-state index contributed by atoms with van der Waals surface area (Å²) in [6, 6.07) is 2.96. The third-order valence-electron chi connectivity index (χ3n) is 2.08. The van der Waals surface area contributed by atoms with Crippen molar-refractivity contribution in [3.8, 4) is 18.1 Å². The molecule has 0 spiro atoms. The molecule has 6 heteroatoms. The molecule has 5 nitrogen and oxygen atoms in total. The molecule has 0 aliphatic carbocycles. The Morgan fingerprint density at radius 3 is 2.61 bits per heavy atom. The number of hydrogen-bond acceptors (Lipinski definition) is 3. The topological polar surface area (TPSA) is 77.8 Å². The van der Waals surface area contributed by atoms with Crippen molar-refractivity contribution >= 4 is 11.9 Å². The number of hydrogen-bond donors (Lipinski definition) is 2. The van der Waals surface area contributed by atoms with Crippen molar-refractivity contribution in [3.05, 3.63) is 29.6 Å². The maximum atomic E-state index is 13.4. The number of aromatic hydroxyl groups is 1. The van der Waals surface area contributed by atoms with Crippen molar-refractivity contribution in [2.45, 2.75) is 0 Å². The van der Waals surface area contributed by atoms with Crippen molar-refractivity contribution < 1.29 is 24.2 Å². The summed E-state index contributed by atoms with van der Waals surface area (Å²) in [7, 11) is 0. The molecule has 18 heavy (non-hydrogen) atoms. The van der Waals surface area contributed by atoms with E-state index >= 15 is 0 Å². The van der Waals surface area contributed by atoms with Crippen LogP contribution in [-0.2, 0) is 4.79 Å². The Labute approximate surface area is 102 Å². The number of phenolic OH excluding ortho intramolecular Hbond substituents is 1. The van der Waals surface area contributed by atoms with Crippen LogP contribution in [0.4, 0.5) is 4.39 Å². The van der Waals surface area contributed by atoms with Crippen LogP contribution < -0.4 is 0 Å². The lowest BCUT2D eigenvalue weighted by atomic mass is 10.1. The number of halogens is 1. The van der Waals surface area contributed by atoms with Gasteiger partial charge in [0, 0.05) is 6.07 Å². The third kappa shape index (κ3) is 3.22. The molecule has 1 amide bonds. The zero-order valence-electron chi connectivity index (χ0n) is 9.26. The quantitative estimate of drug-likeness (QED) is 0.772. The van der Waals surface area contributed by atoms with E-state index < -0.39 is 24.2 Å². The highest BCUT2D eigenvalue weighted by Gasteiger charge is 2.20. The molecule has 0 aliphatic rings. The first-order chi connectivity index (χ1) is 8.45. The number of phenols is 1. The summed E-state index contributed by atoms with van der Waals surface area (Å²) in [5.41, 5.74) is -0.343. The van der Waals surface area contributed by atoms with Crippen molar-refractivity contribution in [1.29, 1.82) is 0 Å². The van der Waals surface area contributed by atoms with E-state index in [-0.39, 0.29) is 17.9 Å². The van der Waals surface area contributed by atoms with Gasteiger partial charge in [-0.15, -0.1) is 6.42 Å². The summed E-state index contributed by atoms with van der Waals surface area (Å²) in [5.74, 6) is -1.23. The van der Waals surface area contributed by atoms with Crippen LogP contribution in [0.1, 0.15) is 10.4 Å². The molecule has 1 aromatic rings. The summed E-state index contributed by atoms with van der Waals surface area (Å²) < 4.78 is 13.4. The second-order valence-electron chi connectivity index (χ2n) is 3.42. The van der Waals surface area contributed by atoms with Crippen LogP contribution in [0.5, 0.6) is 5.75 Å². The molecule has 0 atom stereocenters. The Morgan fingerprint density at radius 2 is 2.11 bits per heavy atom. The fraction of sp³-hybridized carbons (Fsp3) is 0.167. The second kappa shape index (κ2) is 5.68. The number of carbonyl (C=O) groups excluding carboxylic acids is 1. The summed E-state index contributed by atoms with van der Waals surface area (Å²) in [6.45, 7) is -0.866. The average Bonchev–Trinajstić information content (AvgIpc) is 2.27. The Balaban J connectivity index is 3.02. The number of carbonyl (C=O) groups is 2. The maximum absolute atomic E-state index is 13.4. The van der Waals surface area contributed by atoms with E-state index in [1.165, 1.54) is 0 Å². The van der Waals surface area contributed by atoms with Crippen molar-refractivity contribution in [3.63, 3.8) is 0 Å². The normalized spacial score (nSPS) is 9.56. The van der Waals surface area contributed by atoms with Crippen molar-refractivity contribution in [1.82, 2.24) is 4.90 Å². The molecule has 0 unspecified atom stereocenters. The van der Waals surface area contributed by atoms with Crippen LogP contribution >= 0.6 is 0 Å². The number of carboxylic acid groups (broad SMARTS) is 1.